The van der Waals surface area contributed by atoms with E-state index in [2.05, 4.69) is 0 Å². The van der Waals surface area contributed by atoms with Gasteiger partial charge in [-0.1, -0.05) is 0 Å². The molecule has 0 unspecified atom stereocenters. The van der Waals surface area contributed by atoms with Gasteiger partial charge in [-0.15, -0.1) is 0 Å². The van der Waals surface area contributed by atoms with Gasteiger partial charge in [0.1, 0.15) is 5.76 Å². The maximum absolute atomic E-state index is 12.9. The fourth-order valence-corrected chi connectivity index (χ4v) is 4.22. The second-order valence-electron chi connectivity index (χ2n) is 6.65. The molecule has 0 bridgehead atoms. The SMILES string of the molecule is Cc1occc1C(=O)N1C[C@@H](N2CCCC2=O)[C@H]2OCCC[C@H]21. The highest BCUT2D eigenvalue weighted by Gasteiger charge is 2.50. The summed E-state index contributed by atoms with van der Waals surface area (Å²) in [5.74, 6) is 0.826. The monoisotopic (exact) mass is 318 g/mol. The Balaban J connectivity index is 1.61. The van der Waals surface area contributed by atoms with Crippen LogP contribution in [0.15, 0.2) is 16.7 Å². The second-order valence-corrected chi connectivity index (χ2v) is 6.65. The third-order valence-corrected chi connectivity index (χ3v) is 5.36. The van der Waals surface area contributed by atoms with Crippen LogP contribution in [-0.4, -0.2) is 59.5 Å². The zero-order chi connectivity index (χ0) is 16.0. The second kappa shape index (κ2) is 5.67. The number of furan rings is 1. The van der Waals surface area contributed by atoms with Gasteiger partial charge in [0.05, 0.1) is 30.0 Å². The third kappa shape index (κ3) is 2.36. The minimum absolute atomic E-state index is 0.00791. The van der Waals surface area contributed by atoms with E-state index in [0.717, 1.165) is 25.8 Å². The average molecular weight is 318 g/mol. The molecule has 23 heavy (non-hydrogen) atoms. The normalized spacial score (nSPS) is 30.8. The lowest BCUT2D eigenvalue weighted by molar-refractivity contribution is -0.132. The van der Waals surface area contributed by atoms with Gasteiger partial charge in [0.25, 0.3) is 5.91 Å². The van der Waals surface area contributed by atoms with E-state index in [1.165, 1.54) is 0 Å². The van der Waals surface area contributed by atoms with Crippen molar-refractivity contribution in [3.63, 3.8) is 0 Å². The van der Waals surface area contributed by atoms with E-state index in [9.17, 15) is 9.59 Å². The highest BCUT2D eigenvalue weighted by molar-refractivity contribution is 5.95. The zero-order valence-corrected chi connectivity index (χ0v) is 13.4. The van der Waals surface area contributed by atoms with E-state index in [1.54, 1.807) is 19.3 Å². The number of hydrogen-bond donors (Lipinski definition) is 0. The Morgan fingerprint density at radius 2 is 2.17 bits per heavy atom. The van der Waals surface area contributed by atoms with Crippen LogP contribution >= 0.6 is 0 Å². The van der Waals surface area contributed by atoms with Crippen LogP contribution in [-0.2, 0) is 9.53 Å². The lowest BCUT2D eigenvalue weighted by atomic mass is 10.00. The quantitative estimate of drug-likeness (QED) is 0.830. The first-order chi connectivity index (χ1) is 11.2. The number of amides is 2. The largest absolute Gasteiger partial charge is 0.469 e. The molecule has 0 spiro atoms. The number of hydrogen-bond acceptors (Lipinski definition) is 4. The Hall–Kier alpha value is -1.82. The molecule has 4 heterocycles. The van der Waals surface area contributed by atoms with Crippen molar-refractivity contribution in [1.82, 2.24) is 9.80 Å². The summed E-state index contributed by atoms with van der Waals surface area (Å²) < 4.78 is 11.3. The first-order valence-corrected chi connectivity index (χ1v) is 8.43. The van der Waals surface area contributed by atoms with Crippen LogP contribution in [0.4, 0.5) is 0 Å². The minimum atomic E-state index is -0.0537. The standard InChI is InChI=1S/C17H22N2O4/c1-11-12(6-9-22-11)17(21)19-10-14(18-7-2-5-15(18)20)16-13(19)4-3-8-23-16/h6,9,13-14,16H,2-5,7-8,10H2,1H3/t13-,14-,16+/m1/s1. The van der Waals surface area contributed by atoms with Gasteiger partial charge >= 0.3 is 0 Å². The molecule has 1 aromatic rings. The van der Waals surface area contributed by atoms with Crippen molar-refractivity contribution in [2.75, 3.05) is 19.7 Å². The Kier molecular flexibility index (Phi) is 3.64. The van der Waals surface area contributed by atoms with Crippen LogP contribution in [0.2, 0.25) is 0 Å². The summed E-state index contributed by atoms with van der Waals surface area (Å²) in [4.78, 5) is 28.9. The highest BCUT2D eigenvalue weighted by atomic mass is 16.5. The van der Waals surface area contributed by atoms with Gasteiger partial charge in [-0.05, 0) is 32.3 Å². The van der Waals surface area contributed by atoms with Crippen molar-refractivity contribution in [1.29, 1.82) is 0 Å². The van der Waals surface area contributed by atoms with Crippen molar-refractivity contribution < 1.29 is 18.7 Å². The molecule has 3 atom stereocenters. The number of likely N-dealkylation sites (tertiary alicyclic amines) is 2. The van der Waals surface area contributed by atoms with Crippen LogP contribution in [0.1, 0.15) is 41.8 Å². The molecule has 0 aromatic carbocycles. The topological polar surface area (TPSA) is 63.0 Å². The zero-order valence-electron chi connectivity index (χ0n) is 13.4. The van der Waals surface area contributed by atoms with Gasteiger partial charge in [-0.2, -0.15) is 0 Å². The van der Waals surface area contributed by atoms with E-state index < -0.39 is 0 Å². The first kappa shape index (κ1) is 14.8. The van der Waals surface area contributed by atoms with Crippen LogP contribution < -0.4 is 0 Å². The molecule has 0 N–H and O–H groups in total. The number of carbonyl (C=O) groups is 2. The number of carbonyl (C=O) groups excluding carboxylic acids is 2. The molecule has 3 saturated heterocycles. The molecule has 0 radical (unpaired) electrons. The Labute approximate surface area is 135 Å². The molecule has 3 aliphatic rings. The fourth-order valence-electron chi connectivity index (χ4n) is 4.22. The van der Waals surface area contributed by atoms with Crippen LogP contribution in [0.3, 0.4) is 0 Å². The smallest absolute Gasteiger partial charge is 0.257 e. The predicted molar refractivity (Wildman–Crippen MR) is 82.0 cm³/mol. The van der Waals surface area contributed by atoms with Crippen molar-refractivity contribution in [3.8, 4) is 0 Å². The number of fused-ring (bicyclic) bond motifs is 1. The summed E-state index contributed by atoms with van der Waals surface area (Å²) in [6.45, 7) is 3.86. The molecule has 3 aliphatic heterocycles. The van der Waals surface area contributed by atoms with Crippen molar-refractivity contribution in [2.24, 2.45) is 0 Å². The maximum atomic E-state index is 12.9. The van der Waals surface area contributed by atoms with E-state index in [1.807, 2.05) is 9.80 Å². The lowest BCUT2D eigenvalue weighted by Gasteiger charge is -2.34. The van der Waals surface area contributed by atoms with Gasteiger partial charge in [0.2, 0.25) is 5.91 Å². The summed E-state index contributed by atoms with van der Waals surface area (Å²) >= 11 is 0. The molecule has 2 amide bonds. The third-order valence-electron chi connectivity index (χ3n) is 5.36. The first-order valence-electron chi connectivity index (χ1n) is 8.43. The lowest BCUT2D eigenvalue weighted by Crippen LogP contribution is -2.48. The van der Waals surface area contributed by atoms with Gasteiger partial charge in [-0.3, -0.25) is 9.59 Å². The minimum Gasteiger partial charge on any atom is -0.469 e. The van der Waals surface area contributed by atoms with Gasteiger partial charge in [-0.25, -0.2) is 0 Å². The molecule has 0 saturated carbocycles. The number of nitrogens with zero attached hydrogens (tertiary/aromatic N) is 2. The molecule has 1 aromatic heterocycles. The van der Waals surface area contributed by atoms with E-state index in [-0.39, 0.29) is 30.0 Å². The molecular weight excluding hydrogens is 296 g/mol. The van der Waals surface area contributed by atoms with E-state index in [0.29, 0.717) is 30.9 Å². The van der Waals surface area contributed by atoms with E-state index >= 15 is 0 Å². The summed E-state index contributed by atoms with van der Waals surface area (Å²) in [6, 6.07) is 1.78. The maximum Gasteiger partial charge on any atom is 0.257 e. The summed E-state index contributed by atoms with van der Waals surface area (Å²) in [5, 5.41) is 0. The molecule has 0 aliphatic carbocycles. The van der Waals surface area contributed by atoms with Crippen LogP contribution in [0.5, 0.6) is 0 Å². The van der Waals surface area contributed by atoms with Gasteiger partial charge in [0.15, 0.2) is 0 Å². The Morgan fingerprint density at radius 1 is 1.30 bits per heavy atom. The molecular formula is C17H22N2O4. The number of rotatable bonds is 2. The van der Waals surface area contributed by atoms with Crippen LogP contribution in [0.25, 0.3) is 0 Å². The predicted octanol–water partition coefficient (Wildman–Crippen LogP) is 1.58. The fraction of sp³-hybridized carbons (Fsp3) is 0.647. The summed E-state index contributed by atoms with van der Waals surface area (Å²) in [5.41, 5.74) is 0.614. The highest BCUT2D eigenvalue weighted by Crippen LogP contribution is 2.34. The van der Waals surface area contributed by atoms with Crippen molar-refractivity contribution >= 4 is 11.8 Å². The van der Waals surface area contributed by atoms with Crippen molar-refractivity contribution in [3.05, 3.63) is 23.7 Å². The van der Waals surface area contributed by atoms with Crippen molar-refractivity contribution in [2.45, 2.75) is 50.8 Å². The van der Waals surface area contributed by atoms with Gasteiger partial charge < -0.3 is 19.0 Å². The molecule has 4 rings (SSSR count). The Bertz CT molecular complexity index is 626. The van der Waals surface area contributed by atoms with Gasteiger partial charge in [0, 0.05) is 26.1 Å². The van der Waals surface area contributed by atoms with E-state index in [4.69, 9.17) is 9.15 Å². The summed E-state index contributed by atoms with van der Waals surface area (Å²) in [7, 11) is 0. The summed E-state index contributed by atoms with van der Waals surface area (Å²) in [6.07, 6.45) is 4.91. The molecule has 3 fully saturated rings. The molecule has 6 nitrogen and oxygen atoms in total. The number of aryl methyl sites for hydroxylation is 1. The molecule has 6 heteroatoms. The molecule has 124 valence electrons. The number of ether oxygens (including phenoxy) is 1. The average Bonchev–Trinajstić information content (AvgIpc) is 3.25. The van der Waals surface area contributed by atoms with Crippen LogP contribution in [0, 0.1) is 6.92 Å². The Morgan fingerprint density at radius 3 is 2.87 bits per heavy atom.